The van der Waals surface area contributed by atoms with Gasteiger partial charge in [-0.1, -0.05) is 0 Å². The number of hydrogen-bond acceptors (Lipinski definition) is 2. The van der Waals surface area contributed by atoms with Gasteiger partial charge < -0.3 is 5.32 Å². The van der Waals surface area contributed by atoms with E-state index >= 15 is 0 Å². The summed E-state index contributed by atoms with van der Waals surface area (Å²) in [7, 11) is 0. The van der Waals surface area contributed by atoms with Gasteiger partial charge in [0.1, 0.15) is 0 Å². The summed E-state index contributed by atoms with van der Waals surface area (Å²) >= 11 is 7.61. The third kappa shape index (κ3) is 2.77. The molecule has 0 saturated heterocycles. The highest BCUT2D eigenvalue weighted by molar-refractivity contribution is 7.08. The number of carbonyl (C=O) groups is 1. The Labute approximate surface area is 105 Å². The first-order valence-electron chi connectivity index (χ1n) is 5.64. The second-order valence-corrected chi connectivity index (χ2v) is 5.75. The quantitative estimate of drug-likeness (QED) is 0.809. The lowest BCUT2D eigenvalue weighted by Gasteiger charge is -2.25. The van der Waals surface area contributed by atoms with Gasteiger partial charge in [0.2, 0.25) is 0 Å². The van der Waals surface area contributed by atoms with Gasteiger partial charge in [-0.3, -0.25) is 4.79 Å². The van der Waals surface area contributed by atoms with Crippen LogP contribution < -0.4 is 5.32 Å². The van der Waals surface area contributed by atoms with E-state index in [2.05, 4.69) is 5.32 Å². The lowest BCUT2D eigenvalue weighted by molar-refractivity contribution is 0.0928. The van der Waals surface area contributed by atoms with E-state index in [1.807, 2.05) is 17.7 Å². The Morgan fingerprint density at radius 3 is 2.62 bits per heavy atom. The first-order chi connectivity index (χ1) is 7.66. The molecule has 1 aromatic heterocycles. The number of amides is 1. The first-order valence-corrected chi connectivity index (χ1v) is 7.02. The summed E-state index contributed by atoms with van der Waals surface area (Å²) in [5, 5.41) is 7.31. The fraction of sp³-hybridized carbons (Fsp3) is 0.583. The molecule has 1 aromatic rings. The van der Waals surface area contributed by atoms with Crippen molar-refractivity contribution in [2.45, 2.75) is 44.0 Å². The van der Waals surface area contributed by atoms with E-state index in [0.717, 1.165) is 36.8 Å². The fourth-order valence-corrected chi connectivity index (χ4v) is 3.13. The van der Waals surface area contributed by atoms with Crippen molar-refractivity contribution >= 4 is 28.8 Å². The lowest BCUT2D eigenvalue weighted by Crippen LogP contribution is -2.37. The highest BCUT2D eigenvalue weighted by Gasteiger charge is 2.21. The molecule has 1 saturated carbocycles. The van der Waals surface area contributed by atoms with E-state index in [4.69, 9.17) is 11.6 Å². The van der Waals surface area contributed by atoms with Gasteiger partial charge in [0.05, 0.1) is 5.56 Å². The zero-order valence-electron chi connectivity index (χ0n) is 9.33. The SMILES string of the molecule is Cc1cscc1C(=O)NC1CCC(Cl)CC1. The number of rotatable bonds is 2. The minimum atomic E-state index is 0.0665. The van der Waals surface area contributed by atoms with Gasteiger partial charge in [0.25, 0.3) is 5.91 Å². The van der Waals surface area contributed by atoms with Gasteiger partial charge in [-0.15, -0.1) is 11.6 Å². The maximum Gasteiger partial charge on any atom is 0.252 e. The van der Waals surface area contributed by atoms with E-state index in [1.54, 1.807) is 11.3 Å². The second-order valence-electron chi connectivity index (χ2n) is 4.39. The molecule has 1 aliphatic rings. The van der Waals surface area contributed by atoms with Crippen LogP contribution in [0.15, 0.2) is 10.8 Å². The largest absolute Gasteiger partial charge is 0.349 e. The molecular weight excluding hydrogens is 242 g/mol. The molecule has 88 valence electrons. The molecule has 1 aliphatic carbocycles. The van der Waals surface area contributed by atoms with Crippen molar-refractivity contribution < 1.29 is 4.79 Å². The number of alkyl halides is 1. The average Bonchev–Trinajstić information content (AvgIpc) is 2.68. The van der Waals surface area contributed by atoms with E-state index < -0.39 is 0 Å². The normalized spacial score (nSPS) is 25.4. The molecule has 0 atom stereocenters. The predicted octanol–water partition coefficient (Wildman–Crippen LogP) is 3.34. The van der Waals surface area contributed by atoms with Crippen molar-refractivity contribution in [3.63, 3.8) is 0 Å². The second kappa shape index (κ2) is 5.19. The van der Waals surface area contributed by atoms with Crippen LogP contribution in [-0.2, 0) is 0 Å². The molecule has 1 N–H and O–H groups in total. The van der Waals surface area contributed by atoms with Gasteiger partial charge in [0, 0.05) is 16.8 Å². The topological polar surface area (TPSA) is 29.1 Å². The summed E-state index contributed by atoms with van der Waals surface area (Å²) in [6.45, 7) is 1.97. The standard InChI is InChI=1S/C12H16ClNOS/c1-8-6-16-7-11(8)12(15)14-10-4-2-9(13)3-5-10/h6-7,9-10H,2-5H2,1H3,(H,14,15). The van der Waals surface area contributed by atoms with E-state index in [9.17, 15) is 4.79 Å². The molecule has 0 aliphatic heterocycles. The number of nitrogens with one attached hydrogen (secondary N) is 1. The van der Waals surface area contributed by atoms with Crippen molar-refractivity contribution in [1.82, 2.24) is 5.32 Å². The summed E-state index contributed by atoms with van der Waals surface area (Å²) < 4.78 is 0. The molecule has 4 heteroatoms. The Morgan fingerprint density at radius 2 is 2.06 bits per heavy atom. The lowest BCUT2D eigenvalue weighted by atomic mass is 9.95. The zero-order valence-corrected chi connectivity index (χ0v) is 10.9. The third-order valence-electron chi connectivity index (χ3n) is 3.09. The highest BCUT2D eigenvalue weighted by Crippen LogP contribution is 2.23. The summed E-state index contributed by atoms with van der Waals surface area (Å²) in [5.74, 6) is 0.0665. The number of aryl methyl sites for hydroxylation is 1. The Balaban J connectivity index is 1.91. The fourth-order valence-electron chi connectivity index (χ4n) is 2.05. The molecule has 1 fully saturated rings. The van der Waals surface area contributed by atoms with Crippen LogP contribution in [0.3, 0.4) is 0 Å². The summed E-state index contributed by atoms with van der Waals surface area (Å²) in [5.41, 5.74) is 1.88. The predicted molar refractivity (Wildman–Crippen MR) is 68.4 cm³/mol. The van der Waals surface area contributed by atoms with Crippen molar-refractivity contribution in [3.8, 4) is 0 Å². The zero-order chi connectivity index (χ0) is 11.5. The maximum absolute atomic E-state index is 11.9. The molecule has 1 amide bonds. The monoisotopic (exact) mass is 257 g/mol. The molecule has 16 heavy (non-hydrogen) atoms. The van der Waals surface area contributed by atoms with Crippen molar-refractivity contribution in [1.29, 1.82) is 0 Å². The van der Waals surface area contributed by atoms with Crippen LogP contribution in [0.25, 0.3) is 0 Å². The smallest absolute Gasteiger partial charge is 0.252 e. The summed E-state index contributed by atoms with van der Waals surface area (Å²) in [6.07, 6.45) is 4.02. The minimum absolute atomic E-state index is 0.0665. The van der Waals surface area contributed by atoms with Crippen LogP contribution in [0, 0.1) is 6.92 Å². The van der Waals surface area contributed by atoms with E-state index in [0.29, 0.717) is 11.4 Å². The minimum Gasteiger partial charge on any atom is -0.349 e. The molecule has 0 radical (unpaired) electrons. The van der Waals surface area contributed by atoms with Gasteiger partial charge in [-0.2, -0.15) is 11.3 Å². The molecule has 0 spiro atoms. The van der Waals surface area contributed by atoms with Gasteiger partial charge in [0.15, 0.2) is 0 Å². The van der Waals surface area contributed by atoms with Crippen LogP contribution in [0.5, 0.6) is 0 Å². The number of carbonyl (C=O) groups excluding carboxylic acids is 1. The highest BCUT2D eigenvalue weighted by atomic mass is 35.5. The molecule has 2 nitrogen and oxygen atoms in total. The molecule has 0 bridgehead atoms. The van der Waals surface area contributed by atoms with Gasteiger partial charge >= 0.3 is 0 Å². The third-order valence-corrected chi connectivity index (χ3v) is 4.39. The van der Waals surface area contributed by atoms with Crippen molar-refractivity contribution in [3.05, 3.63) is 21.9 Å². The van der Waals surface area contributed by atoms with Crippen LogP contribution in [-0.4, -0.2) is 17.3 Å². The molecule has 1 heterocycles. The Hall–Kier alpha value is -0.540. The van der Waals surface area contributed by atoms with E-state index in [-0.39, 0.29) is 5.91 Å². The Kier molecular flexibility index (Phi) is 3.87. The number of halogens is 1. The van der Waals surface area contributed by atoms with Crippen LogP contribution in [0.1, 0.15) is 41.6 Å². The maximum atomic E-state index is 11.9. The summed E-state index contributed by atoms with van der Waals surface area (Å²) in [4.78, 5) is 11.9. The van der Waals surface area contributed by atoms with Gasteiger partial charge in [-0.25, -0.2) is 0 Å². The number of thiophene rings is 1. The molecule has 0 unspecified atom stereocenters. The van der Waals surface area contributed by atoms with Crippen molar-refractivity contribution in [2.75, 3.05) is 0 Å². The number of hydrogen-bond donors (Lipinski definition) is 1. The Bertz CT molecular complexity index is 369. The first kappa shape index (κ1) is 11.9. The average molecular weight is 258 g/mol. The molecule has 0 aromatic carbocycles. The van der Waals surface area contributed by atoms with Crippen molar-refractivity contribution in [2.24, 2.45) is 0 Å². The van der Waals surface area contributed by atoms with Gasteiger partial charge in [-0.05, 0) is 43.6 Å². The molecule has 2 rings (SSSR count). The van der Waals surface area contributed by atoms with Crippen LogP contribution in [0.4, 0.5) is 0 Å². The van der Waals surface area contributed by atoms with Crippen LogP contribution >= 0.6 is 22.9 Å². The Morgan fingerprint density at radius 1 is 1.38 bits per heavy atom. The molecular formula is C12H16ClNOS. The van der Waals surface area contributed by atoms with E-state index in [1.165, 1.54) is 0 Å². The summed E-state index contributed by atoms with van der Waals surface area (Å²) in [6, 6.07) is 0.307. The van der Waals surface area contributed by atoms with Crippen LogP contribution in [0.2, 0.25) is 0 Å².